The predicted octanol–water partition coefficient (Wildman–Crippen LogP) is 8.56. The molecule has 0 spiro atoms. The van der Waals surface area contributed by atoms with E-state index in [2.05, 4.69) is 78.9 Å². The van der Waals surface area contributed by atoms with Crippen molar-refractivity contribution in [3.05, 3.63) is 179 Å². The second kappa shape index (κ2) is 12.2. The van der Waals surface area contributed by atoms with Crippen LogP contribution in [0.25, 0.3) is 70.7 Å². The van der Waals surface area contributed by atoms with Gasteiger partial charge in [0.25, 0.3) is 0 Å². The number of aromatic nitrogens is 2. The number of hydrogen-bond donors (Lipinski definition) is 1. The van der Waals surface area contributed by atoms with Gasteiger partial charge in [-0.25, -0.2) is 0 Å². The van der Waals surface area contributed by atoms with Crippen molar-refractivity contribution in [1.29, 1.82) is 0 Å². The Morgan fingerprint density at radius 1 is 0.452 bits per heavy atom. The molecule has 11 nitrogen and oxygen atoms in total. The molecule has 10 aromatic rings. The fourth-order valence-corrected chi connectivity index (χ4v) is 16.5. The Bertz CT molecular complexity index is 3940. The van der Waals surface area contributed by atoms with E-state index in [0.29, 0.717) is 56.5 Å². The average molecular weight is 879 g/mol. The molecule has 6 bridgehead atoms. The fraction of sp³-hybridized carbons (Fsp3) is 0. The summed E-state index contributed by atoms with van der Waals surface area (Å²) in [5, 5.41) is 11.6. The van der Waals surface area contributed by atoms with Gasteiger partial charge in [-0.05, 0) is 0 Å². The van der Waals surface area contributed by atoms with Crippen LogP contribution >= 0.6 is 0 Å². The van der Waals surface area contributed by atoms with Crippen molar-refractivity contribution in [2.45, 2.75) is 0 Å². The summed E-state index contributed by atoms with van der Waals surface area (Å²) in [4.78, 5) is 26.8. The standard InChI is InChI=1S/C49H25N7.Ga.H2O4S/c1-3-11-28-19-36-34(17-26(28)9-1)42-25-43-35-18-27-10-2-4-12-29(27)20-37(35)45(51-43)53-47-39-22-31-14-6-8-16-33(31)24-41(39)49(55-47)56-48-40-23-32-15-7-5-13-30(32)21-38(40)46(54-48)52-44(36)50-42;;1-5(2,3)4/h1-25H;;(H2,1,2,3,4)/q-2;+3;/p-1. The molecule has 6 heterocycles. The van der Waals surface area contributed by atoms with E-state index in [0.717, 1.165) is 76.1 Å². The molecule has 0 aliphatic carbocycles. The maximum atomic E-state index is 13.5. The Morgan fingerprint density at radius 3 is 1.35 bits per heavy atom. The first-order chi connectivity index (χ1) is 30.3. The first-order valence-corrected chi connectivity index (χ1v) is 24.6. The molecule has 1 N–H and O–H groups in total. The molecule has 290 valence electrons. The summed E-state index contributed by atoms with van der Waals surface area (Å²) in [6, 6.07) is 49.2. The predicted molar refractivity (Wildman–Crippen MR) is 247 cm³/mol. The molecule has 62 heavy (non-hydrogen) atoms. The zero-order chi connectivity index (χ0) is 41.0. The number of amidine groups is 3. The van der Waals surface area contributed by atoms with Crippen molar-refractivity contribution in [3.63, 3.8) is 0 Å². The van der Waals surface area contributed by atoms with E-state index in [-0.39, 0.29) is 0 Å². The molecule has 2 aromatic heterocycles. The Balaban J connectivity index is 1.26. The zero-order valence-corrected chi connectivity index (χ0v) is 35.5. The first-order valence-electron chi connectivity index (χ1n) is 20.1. The van der Waals surface area contributed by atoms with E-state index in [1.807, 2.05) is 79.4 Å². The molecule has 0 atom stereocenters. The van der Waals surface area contributed by atoms with Gasteiger partial charge in [0.2, 0.25) is 0 Å². The van der Waals surface area contributed by atoms with E-state index in [4.69, 9.17) is 27.9 Å². The van der Waals surface area contributed by atoms with Crippen LogP contribution in [0, 0.1) is 0 Å². The van der Waals surface area contributed by atoms with E-state index >= 15 is 0 Å². The molecule has 0 radical (unpaired) electrons. The summed E-state index contributed by atoms with van der Waals surface area (Å²) in [7, 11) is -5.10. The third kappa shape index (κ3) is 4.90. The molecule has 4 aliphatic rings. The molecule has 0 amide bonds. The van der Waals surface area contributed by atoms with Crippen LogP contribution in [0.5, 0.6) is 0 Å². The summed E-state index contributed by atoms with van der Waals surface area (Å²) < 4.78 is 47.8. The molecule has 4 aliphatic heterocycles. The van der Waals surface area contributed by atoms with E-state index in [1.165, 1.54) is 0 Å². The molecule has 0 unspecified atom stereocenters. The van der Waals surface area contributed by atoms with Gasteiger partial charge in [0.15, 0.2) is 0 Å². The SMILES string of the molecule is O=S(=O)(O)[O][Ga]1[n]2c3c4cc5ccccc5cc4c2N=C2N=C(N=c4c5cc6ccccc6cc5c([n]41)=CC1=NC(=N3)c3cc4ccccc4cc31)c1cc3ccccc3cc12. The van der Waals surface area contributed by atoms with Gasteiger partial charge in [-0.2, -0.15) is 0 Å². The normalized spacial score (nSPS) is 15.0. The minimum atomic E-state index is -5.10. The van der Waals surface area contributed by atoms with Crippen LogP contribution in [-0.2, 0) is 13.4 Å². The zero-order valence-electron chi connectivity index (χ0n) is 32.2. The van der Waals surface area contributed by atoms with Crippen molar-refractivity contribution in [2.24, 2.45) is 25.0 Å². The van der Waals surface area contributed by atoms with Crippen LogP contribution in [0.2, 0.25) is 0 Å². The van der Waals surface area contributed by atoms with Crippen LogP contribution < -0.4 is 10.8 Å². The van der Waals surface area contributed by atoms with Gasteiger partial charge in [-0.1, -0.05) is 0 Å². The number of aliphatic imine (C=N–C) groups is 4. The van der Waals surface area contributed by atoms with Gasteiger partial charge in [0.05, 0.1) is 0 Å². The Labute approximate surface area is 357 Å². The second-order valence-electron chi connectivity index (χ2n) is 16.0. The molecule has 8 aromatic carbocycles. The van der Waals surface area contributed by atoms with Crippen molar-refractivity contribution < 1.29 is 15.9 Å². The van der Waals surface area contributed by atoms with Crippen LogP contribution in [0.4, 0.5) is 11.6 Å². The van der Waals surface area contributed by atoms with Crippen LogP contribution in [0.1, 0.15) is 22.3 Å². The molecule has 0 fully saturated rings. The Kier molecular flexibility index (Phi) is 6.77. The van der Waals surface area contributed by atoms with E-state index in [9.17, 15) is 13.0 Å². The van der Waals surface area contributed by atoms with Gasteiger partial charge in [-0.15, -0.1) is 0 Å². The number of benzene rings is 8. The monoisotopic (exact) mass is 877 g/mol. The van der Waals surface area contributed by atoms with Crippen molar-refractivity contribution in [2.75, 3.05) is 0 Å². The van der Waals surface area contributed by atoms with E-state index in [1.54, 1.807) is 0 Å². The molecular formula is C49H26GaN7O4S. The number of nitrogens with zero attached hydrogens (tertiary/aromatic N) is 7. The van der Waals surface area contributed by atoms with Crippen molar-refractivity contribution >= 4 is 133 Å². The molecular weight excluding hydrogens is 852 g/mol. The topological polar surface area (TPSA) is 135 Å². The van der Waals surface area contributed by atoms with Crippen LogP contribution in [-0.4, -0.2) is 59.8 Å². The van der Waals surface area contributed by atoms with Crippen molar-refractivity contribution in [1.82, 2.24) is 6.55 Å². The first kappa shape index (κ1) is 34.4. The third-order valence-electron chi connectivity index (χ3n) is 12.5. The minimum absolute atomic E-state index is 0.404. The molecule has 0 saturated carbocycles. The quantitative estimate of drug-likeness (QED) is 0.138. The van der Waals surface area contributed by atoms with Crippen molar-refractivity contribution in [3.8, 4) is 0 Å². The fourth-order valence-electron chi connectivity index (χ4n) is 9.71. The second-order valence-corrected chi connectivity index (χ2v) is 21.8. The third-order valence-corrected chi connectivity index (χ3v) is 19.5. The summed E-state index contributed by atoms with van der Waals surface area (Å²) in [5.41, 5.74) is 4.37. The molecule has 13 heteroatoms. The van der Waals surface area contributed by atoms with Gasteiger partial charge < -0.3 is 0 Å². The maximum absolute atomic E-state index is 13.5. The molecule has 14 rings (SSSR count). The summed E-state index contributed by atoms with van der Waals surface area (Å²) in [6.07, 6.45) is 1.98. The Morgan fingerprint density at radius 2 is 0.855 bits per heavy atom. The summed E-state index contributed by atoms with van der Waals surface area (Å²) in [5.74, 6) is 2.11. The van der Waals surface area contributed by atoms with E-state index < -0.39 is 27.5 Å². The van der Waals surface area contributed by atoms with Gasteiger partial charge in [0.1, 0.15) is 0 Å². The Hall–Kier alpha value is -7.26. The van der Waals surface area contributed by atoms with Gasteiger partial charge >= 0.3 is 359 Å². The molecule has 0 saturated heterocycles. The van der Waals surface area contributed by atoms with Gasteiger partial charge in [-0.3, -0.25) is 0 Å². The van der Waals surface area contributed by atoms with Crippen LogP contribution in [0.15, 0.2) is 171 Å². The number of rotatable bonds is 2. The average Bonchev–Trinajstić information content (AvgIpc) is 3.97. The summed E-state index contributed by atoms with van der Waals surface area (Å²) in [6.45, 7) is 0. The van der Waals surface area contributed by atoms with Gasteiger partial charge in [0, 0.05) is 0 Å². The van der Waals surface area contributed by atoms with Crippen LogP contribution in [0.3, 0.4) is 0 Å². The number of hydrogen-bond acceptors (Lipinski definition) is 8. The number of fused-ring (bicyclic) bond motifs is 18. The summed E-state index contributed by atoms with van der Waals surface area (Å²) >= 11 is -4.61.